The molecule has 2 N–H and O–H groups in total. The number of thiazole rings is 1. The van der Waals surface area contributed by atoms with E-state index in [1.807, 2.05) is 13.8 Å². The molecule has 1 aromatic heterocycles. The number of halogens is 1. The van der Waals surface area contributed by atoms with Crippen LogP contribution in [0.5, 0.6) is 0 Å². The number of nitrogens with zero attached hydrogens (tertiary/aromatic N) is 3. The summed E-state index contributed by atoms with van der Waals surface area (Å²) in [5.41, 5.74) is 2.10. The van der Waals surface area contributed by atoms with Crippen molar-refractivity contribution < 1.29 is 9.59 Å². The Hall–Kier alpha value is -2.01. The minimum absolute atomic E-state index is 0. The topological polar surface area (TPSA) is 86.7 Å². The fourth-order valence-electron chi connectivity index (χ4n) is 3.19. The molecule has 162 valence electrons. The minimum Gasteiger partial charge on any atom is -0.357 e. The Labute approximate surface area is 198 Å². The number of benzene rings is 1. The van der Waals surface area contributed by atoms with Crippen LogP contribution in [0.3, 0.4) is 0 Å². The third kappa shape index (κ3) is 6.24. The third-order valence-corrected chi connectivity index (χ3v) is 5.44. The molecule has 1 aromatic carbocycles. The Kier molecular flexibility index (Phi) is 9.70. The maximum atomic E-state index is 12.4. The van der Waals surface area contributed by atoms with Crippen LogP contribution in [0.15, 0.2) is 34.6 Å². The highest BCUT2D eigenvalue weighted by Crippen LogP contribution is 2.22. The van der Waals surface area contributed by atoms with Crippen molar-refractivity contribution >= 4 is 53.1 Å². The zero-order chi connectivity index (χ0) is 20.6. The van der Waals surface area contributed by atoms with Gasteiger partial charge >= 0.3 is 0 Å². The van der Waals surface area contributed by atoms with Crippen LogP contribution in [-0.4, -0.2) is 53.8 Å². The molecule has 0 fully saturated rings. The molecule has 0 saturated carbocycles. The molecule has 1 aliphatic rings. The quantitative estimate of drug-likeness (QED) is 0.167. The molecule has 0 spiro atoms. The van der Waals surface area contributed by atoms with Crippen molar-refractivity contribution in [2.24, 2.45) is 4.99 Å². The van der Waals surface area contributed by atoms with Gasteiger partial charge in [0.15, 0.2) is 5.96 Å². The van der Waals surface area contributed by atoms with Gasteiger partial charge in [-0.3, -0.25) is 19.5 Å². The van der Waals surface area contributed by atoms with Gasteiger partial charge in [0.2, 0.25) is 0 Å². The smallest absolute Gasteiger partial charge is 0.261 e. The van der Waals surface area contributed by atoms with Crippen molar-refractivity contribution in [2.75, 3.05) is 26.2 Å². The summed E-state index contributed by atoms with van der Waals surface area (Å²) >= 11 is 1.66. The summed E-state index contributed by atoms with van der Waals surface area (Å²) in [7, 11) is 0. The number of guanidine groups is 1. The van der Waals surface area contributed by atoms with E-state index in [1.54, 1.807) is 35.6 Å². The van der Waals surface area contributed by atoms with E-state index in [9.17, 15) is 9.59 Å². The van der Waals surface area contributed by atoms with Crippen LogP contribution in [0.25, 0.3) is 0 Å². The summed E-state index contributed by atoms with van der Waals surface area (Å²) in [6.45, 7) is 6.66. The van der Waals surface area contributed by atoms with E-state index in [0.717, 1.165) is 49.0 Å². The second-order valence-electron chi connectivity index (χ2n) is 6.81. The van der Waals surface area contributed by atoms with Gasteiger partial charge in [-0.15, -0.1) is 35.3 Å². The lowest BCUT2D eigenvalue weighted by Gasteiger charge is -2.13. The largest absolute Gasteiger partial charge is 0.357 e. The molecule has 0 radical (unpaired) electrons. The van der Waals surface area contributed by atoms with Gasteiger partial charge in [-0.1, -0.05) is 12.1 Å². The van der Waals surface area contributed by atoms with Crippen molar-refractivity contribution in [1.82, 2.24) is 20.5 Å². The average Bonchev–Trinajstić information content (AvgIpc) is 3.24. The number of aromatic nitrogens is 1. The number of imide groups is 1. The molecular formula is C21H28IN5O2S. The maximum Gasteiger partial charge on any atom is 0.261 e. The van der Waals surface area contributed by atoms with Gasteiger partial charge in [0.25, 0.3) is 11.8 Å². The SMILES string of the molecule is CCNC(=NCCCCN1C(=O)c2ccccc2C1=O)NCCc1csc(C)n1.I. The summed E-state index contributed by atoms with van der Waals surface area (Å²) in [5, 5.41) is 9.72. The molecule has 2 amide bonds. The highest BCUT2D eigenvalue weighted by Gasteiger charge is 2.34. The van der Waals surface area contributed by atoms with E-state index >= 15 is 0 Å². The third-order valence-electron chi connectivity index (χ3n) is 4.62. The number of aliphatic imine (C=N–C) groups is 1. The minimum atomic E-state index is -0.193. The normalized spacial score (nSPS) is 13.3. The Morgan fingerprint density at radius 2 is 1.83 bits per heavy atom. The molecule has 9 heteroatoms. The van der Waals surface area contributed by atoms with Crippen molar-refractivity contribution in [3.63, 3.8) is 0 Å². The molecule has 0 bridgehead atoms. The van der Waals surface area contributed by atoms with Crippen LogP contribution in [-0.2, 0) is 6.42 Å². The van der Waals surface area contributed by atoms with Gasteiger partial charge < -0.3 is 10.6 Å². The summed E-state index contributed by atoms with van der Waals surface area (Å²) in [6.07, 6.45) is 2.39. The fourth-order valence-corrected chi connectivity index (χ4v) is 3.84. The van der Waals surface area contributed by atoms with Crippen LogP contribution in [0.1, 0.15) is 51.2 Å². The van der Waals surface area contributed by atoms with Gasteiger partial charge in [0.05, 0.1) is 21.8 Å². The number of hydrogen-bond donors (Lipinski definition) is 2. The number of aryl methyl sites for hydroxylation is 1. The predicted octanol–water partition coefficient (Wildman–Crippen LogP) is 3.24. The molecule has 1 aliphatic heterocycles. The molecule has 2 heterocycles. The molecule has 0 aliphatic carbocycles. The summed E-state index contributed by atoms with van der Waals surface area (Å²) in [4.78, 5) is 35.1. The Balaban J connectivity index is 0.00000320. The van der Waals surface area contributed by atoms with Crippen molar-refractivity contribution in [3.8, 4) is 0 Å². The first kappa shape index (κ1) is 24.3. The summed E-state index contributed by atoms with van der Waals surface area (Å²) in [5.74, 6) is 0.392. The van der Waals surface area contributed by atoms with Gasteiger partial charge in [0, 0.05) is 38.0 Å². The van der Waals surface area contributed by atoms with Crippen molar-refractivity contribution in [2.45, 2.75) is 33.1 Å². The second-order valence-corrected chi connectivity index (χ2v) is 7.87. The lowest BCUT2D eigenvalue weighted by atomic mass is 10.1. The lowest BCUT2D eigenvalue weighted by molar-refractivity contribution is 0.0652. The first-order valence-electron chi connectivity index (χ1n) is 9.98. The fraction of sp³-hybridized carbons (Fsp3) is 0.429. The van der Waals surface area contributed by atoms with Crippen LogP contribution < -0.4 is 10.6 Å². The van der Waals surface area contributed by atoms with Crippen molar-refractivity contribution in [3.05, 3.63) is 51.5 Å². The summed E-state index contributed by atoms with van der Waals surface area (Å²) in [6, 6.07) is 6.99. The molecule has 3 rings (SSSR count). The highest BCUT2D eigenvalue weighted by molar-refractivity contribution is 14.0. The Bertz CT molecular complexity index is 864. The first-order chi connectivity index (χ1) is 14.1. The Morgan fingerprint density at radius 1 is 1.13 bits per heavy atom. The number of rotatable bonds is 9. The standard InChI is InChI=1S/C21H27N5O2S.HI/c1-3-22-21(24-12-10-16-14-29-15(2)25-16)23-11-6-7-13-26-19(27)17-8-4-5-9-18(17)20(26)28;/h4-5,8-9,14H,3,6-7,10-13H2,1-2H3,(H2,22,23,24);1H. The van der Waals surface area contributed by atoms with E-state index in [1.165, 1.54) is 4.90 Å². The molecule has 30 heavy (non-hydrogen) atoms. The van der Waals surface area contributed by atoms with Crippen LogP contribution in [0.2, 0.25) is 0 Å². The molecule has 0 saturated heterocycles. The number of hydrogen-bond acceptors (Lipinski definition) is 5. The number of carbonyl (C=O) groups is 2. The van der Waals surface area contributed by atoms with Crippen LogP contribution in [0.4, 0.5) is 0 Å². The van der Waals surface area contributed by atoms with Crippen molar-refractivity contribution in [1.29, 1.82) is 0 Å². The van der Waals surface area contributed by atoms with E-state index < -0.39 is 0 Å². The highest BCUT2D eigenvalue weighted by atomic mass is 127. The number of nitrogens with one attached hydrogen (secondary N) is 2. The molecule has 0 unspecified atom stereocenters. The van der Waals surface area contributed by atoms with E-state index in [4.69, 9.17) is 0 Å². The molecule has 2 aromatic rings. The average molecular weight is 541 g/mol. The second kappa shape index (κ2) is 12.0. The number of carbonyl (C=O) groups excluding carboxylic acids is 2. The van der Waals surface area contributed by atoms with Gasteiger partial charge in [-0.2, -0.15) is 0 Å². The zero-order valence-corrected chi connectivity index (χ0v) is 20.5. The van der Waals surface area contributed by atoms with Crippen LogP contribution in [0, 0.1) is 6.92 Å². The Morgan fingerprint density at radius 3 is 2.43 bits per heavy atom. The van der Waals surface area contributed by atoms with Gasteiger partial charge in [-0.25, -0.2) is 4.98 Å². The van der Waals surface area contributed by atoms with Gasteiger partial charge in [-0.05, 0) is 38.8 Å². The molecule has 0 atom stereocenters. The van der Waals surface area contributed by atoms with Gasteiger partial charge in [0.1, 0.15) is 0 Å². The number of fused-ring (bicyclic) bond motifs is 1. The van der Waals surface area contributed by atoms with E-state index in [2.05, 4.69) is 26.0 Å². The zero-order valence-electron chi connectivity index (χ0n) is 17.3. The number of unbranched alkanes of at least 4 members (excludes halogenated alkanes) is 1. The predicted molar refractivity (Wildman–Crippen MR) is 131 cm³/mol. The first-order valence-corrected chi connectivity index (χ1v) is 10.9. The lowest BCUT2D eigenvalue weighted by Crippen LogP contribution is -2.38. The van der Waals surface area contributed by atoms with E-state index in [0.29, 0.717) is 24.2 Å². The van der Waals surface area contributed by atoms with Crippen LogP contribution >= 0.6 is 35.3 Å². The maximum absolute atomic E-state index is 12.4. The molecular weight excluding hydrogens is 513 g/mol. The number of amides is 2. The van der Waals surface area contributed by atoms with E-state index in [-0.39, 0.29) is 35.8 Å². The summed E-state index contributed by atoms with van der Waals surface area (Å²) < 4.78 is 0. The molecule has 7 nitrogen and oxygen atoms in total. The monoisotopic (exact) mass is 541 g/mol.